The Morgan fingerprint density at radius 3 is 2.36 bits per heavy atom. The molecular formula is C12H18FN. The molecule has 1 rings (SSSR count). The van der Waals surface area contributed by atoms with Crippen LogP contribution >= 0.6 is 0 Å². The van der Waals surface area contributed by atoms with Crippen molar-refractivity contribution < 1.29 is 4.39 Å². The van der Waals surface area contributed by atoms with E-state index in [4.69, 9.17) is 5.73 Å². The number of benzene rings is 1. The minimum absolute atomic E-state index is 0.105. The highest BCUT2D eigenvalue weighted by Gasteiger charge is 2.15. The van der Waals surface area contributed by atoms with Crippen LogP contribution in [0.3, 0.4) is 0 Å². The van der Waals surface area contributed by atoms with Gasteiger partial charge in [0.25, 0.3) is 0 Å². The quantitative estimate of drug-likeness (QED) is 0.771. The molecule has 2 heteroatoms. The number of aryl methyl sites for hydroxylation is 1. The second-order valence-corrected chi connectivity index (χ2v) is 4.65. The van der Waals surface area contributed by atoms with Crippen LogP contribution in [0.25, 0.3) is 0 Å². The Kier molecular flexibility index (Phi) is 2.95. The Morgan fingerprint density at radius 1 is 1.29 bits per heavy atom. The zero-order valence-electron chi connectivity index (χ0n) is 9.32. The Balaban J connectivity index is 3.06. The molecular weight excluding hydrogens is 177 g/mol. The van der Waals surface area contributed by atoms with Crippen LogP contribution in [0.1, 0.15) is 30.5 Å². The first-order valence-electron chi connectivity index (χ1n) is 4.85. The molecule has 0 spiro atoms. The van der Waals surface area contributed by atoms with E-state index in [-0.39, 0.29) is 11.4 Å². The van der Waals surface area contributed by atoms with Crippen molar-refractivity contribution in [1.29, 1.82) is 0 Å². The van der Waals surface area contributed by atoms with Crippen LogP contribution in [-0.4, -0.2) is 5.54 Å². The van der Waals surface area contributed by atoms with Crippen LogP contribution in [0.15, 0.2) is 12.1 Å². The van der Waals surface area contributed by atoms with Crippen molar-refractivity contribution in [2.45, 2.75) is 39.7 Å². The Hall–Kier alpha value is -0.890. The van der Waals surface area contributed by atoms with E-state index in [1.165, 1.54) is 0 Å². The first kappa shape index (κ1) is 11.2. The van der Waals surface area contributed by atoms with Crippen LogP contribution in [0.2, 0.25) is 0 Å². The lowest BCUT2D eigenvalue weighted by atomic mass is 9.92. The van der Waals surface area contributed by atoms with Crippen LogP contribution in [0.4, 0.5) is 4.39 Å². The van der Waals surface area contributed by atoms with E-state index in [1.54, 1.807) is 6.92 Å². The molecule has 1 aromatic rings. The summed E-state index contributed by atoms with van der Waals surface area (Å²) in [6, 6.07) is 3.77. The summed E-state index contributed by atoms with van der Waals surface area (Å²) >= 11 is 0. The van der Waals surface area contributed by atoms with Gasteiger partial charge >= 0.3 is 0 Å². The van der Waals surface area contributed by atoms with Crippen molar-refractivity contribution in [3.05, 3.63) is 34.6 Å². The maximum Gasteiger partial charge on any atom is 0.129 e. The van der Waals surface area contributed by atoms with Crippen molar-refractivity contribution in [2.24, 2.45) is 5.73 Å². The van der Waals surface area contributed by atoms with Crippen LogP contribution in [-0.2, 0) is 6.42 Å². The summed E-state index contributed by atoms with van der Waals surface area (Å²) in [6.45, 7) is 7.48. The van der Waals surface area contributed by atoms with Crippen molar-refractivity contribution in [1.82, 2.24) is 0 Å². The van der Waals surface area contributed by atoms with E-state index in [9.17, 15) is 4.39 Å². The molecule has 2 N–H and O–H groups in total. The second kappa shape index (κ2) is 3.70. The first-order chi connectivity index (χ1) is 6.31. The third-order valence-electron chi connectivity index (χ3n) is 2.34. The zero-order valence-corrected chi connectivity index (χ0v) is 9.32. The highest BCUT2D eigenvalue weighted by Crippen LogP contribution is 2.19. The summed E-state index contributed by atoms with van der Waals surface area (Å²) in [6.07, 6.45) is 0.704. The predicted octanol–water partition coefficient (Wildman–Crippen LogP) is 2.72. The van der Waals surface area contributed by atoms with Gasteiger partial charge in [-0.1, -0.05) is 12.1 Å². The minimum Gasteiger partial charge on any atom is -0.325 e. The van der Waals surface area contributed by atoms with Gasteiger partial charge in [-0.3, -0.25) is 0 Å². The fourth-order valence-corrected chi connectivity index (χ4v) is 1.54. The van der Waals surface area contributed by atoms with Gasteiger partial charge in [0.05, 0.1) is 0 Å². The van der Waals surface area contributed by atoms with Crippen LogP contribution in [0, 0.1) is 19.7 Å². The molecule has 0 aliphatic carbocycles. The number of halogens is 1. The molecule has 0 unspecified atom stereocenters. The molecule has 14 heavy (non-hydrogen) atoms. The normalized spacial score (nSPS) is 11.9. The van der Waals surface area contributed by atoms with Gasteiger partial charge in [0.2, 0.25) is 0 Å². The molecule has 1 aromatic carbocycles. The summed E-state index contributed by atoms with van der Waals surface area (Å²) in [7, 11) is 0. The Bertz CT molecular complexity index is 337. The van der Waals surface area contributed by atoms with Gasteiger partial charge in [-0.05, 0) is 50.8 Å². The topological polar surface area (TPSA) is 26.0 Å². The maximum atomic E-state index is 13.5. The van der Waals surface area contributed by atoms with E-state index < -0.39 is 0 Å². The number of nitrogens with two attached hydrogens (primary N) is 1. The van der Waals surface area contributed by atoms with Crippen molar-refractivity contribution >= 4 is 0 Å². The standard InChI is InChI=1S/C12H18FN/c1-8-5-6-10(7-12(3,4)14)9(2)11(8)13/h5-6H,7,14H2,1-4H3. The van der Waals surface area contributed by atoms with E-state index in [2.05, 4.69) is 0 Å². The van der Waals surface area contributed by atoms with Gasteiger partial charge in [-0.15, -0.1) is 0 Å². The van der Waals surface area contributed by atoms with Gasteiger partial charge in [0.1, 0.15) is 5.82 Å². The summed E-state index contributed by atoms with van der Waals surface area (Å²) in [5.74, 6) is -0.105. The molecule has 0 aliphatic heterocycles. The fourth-order valence-electron chi connectivity index (χ4n) is 1.54. The molecule has 0 atom stereocenters. The predicted molar refractivity (Wildman–Crippen MR) is 57.8 cm³/mol. The largest absolute Gasteiger partial charge is 0.325 e. The van der Waals surface area contributed by atoms with Crippen molar-refractivity contribution in [2.75, 3.05) is 0 Å². The number of hydrogen-bond donors (Lipinski definition) is 1. The van der Waals surface area contributed by atoms with E-state index in [1.807, 2.05) is 32.9 Å². The average molecular weight is 195 g/mol. The zero-order chi connectivity index (χ0) is 10.9. The number of rotatable bonds is 2. The lowest BCUT2D eigenvalue weighted by molar-refractivity contribution is 0.511. The monoisotopic (exact) mass is 195 g/mol. The molecule has 0 fully saturated rings. The lowest BCUT2D eigenvalue weighted by Crippen LogP contribution is -2.34. The highest BCUT2D eigenvalue weighted by molar-refractivity contribution is 5.33. The van der Waals surface area contributed by atoms with Gasteiger partial charge < -0.3 is 5.73 Å². The van der Waals surface area contributed by atoms with Gasteiger partial charge in [0.15, 0.2) is 0 Å². The van der Waals surface area contributed by atoms with Crippen molar-refractivity contribution in [3.8, 4) is 0 Å². The van der Waals surface area contributed by atoms with Gasteiger partial charge in [0, 0.05) is 5.54 Å². The number of hydrogen-bond acceptors (Lipinski definition) is 1. The molecule has 0 radical (unpaired) electrons. The smallest absolute Gasteiger partial charge is 0.129 e. The molecule has 78 valence electrons. The summed E-state index contributed by atoms with van der Waals surface area (Å²) < 4.78 is 13.5. The van der Waals surface area contributed by atoms with Crippen LogP contribution in [0.5, 0.6) is 0 Å². The molecule has 0 bridgehead atoms. The van der Waals surface area contributed by atoms with E-state index >= 15 is 0 Å². The Labute approximate surface area is 85.1 Å². The van der Waals surface area contributed by atoms with Crippen molar-refractivity contribution in [3.63, 3.8) is 0 Å². The minimum atomic E-state index is -0.285. The molecule has 0 saturated heterocycles. The first-order valence-corrected chi connectivity index (χ1v) is 4.85. The molecule has 0 aromatic heterocycles. The second-order valence-electron chi connectivity index (χ2n) is 4.65. The molecule has 0 saturated carbocycles. The Morgan fingerprint density at radius 2 is 1.86 bits per heavy atom. The highest BCUT2D eigenvalue weighted by atomic mass is 19.1. The van der Waals surface area contributed by atoms with Gasteiger partial charge in [-0.2, -0.15) is 0 Å². The summed E-state index contributed by atoms with van der Waals surface area (Å²) in [4.78, 5) is 0. The third-order valence-corrected chi connectivity index (χ3v) is 2.34. The van der Waals surface area contributed by atoms with E-state index in [0.717, 1.165) is 11.1 Å². The summed E-state index contributed by atoms with van der Waals surface area (Å²) in [5.41, 5.74) is 8.04. The fraction of sp³-hybridized carbons (Fsp3) is 0.500. The van der Waals surface area contributed by atoms with E-state index in [0.29, 0.717) is 12.0 Å². The molecule has 1 nitrogen and oxygen atoms in total. The molecule has 0 aliphatic rings. The van der Waals surface area contributed by atoms with Crippen LogP contribution < -0.4 is 5.73 Å². The molecule has 0 heterocycles. The molecule has 0 amide bonds. The van der Waals surface area contributed by atoms with Gasteiger partial charge in [-0.25, -0.2) is 4.39 Å². The summed E-state index contributed by atoms with van der Waals surface area (Å²) in [5, 5.41) is 0. The third kappa shape index (κ3) is 2.55. The maximum absolute atomic E-state index is 13.5. The SMILES string of the molecule is Cc1ccc(CC(C)(C)N)c(C)c1F. The lowest BCUT2D eigenvalue weighted by Gasteiger charge is -2.20. The average Bonchev–Trinajstić information content (AvgIpc) is 2.04.